The van der Waals surface area contributed by atoms with Gasteiger partial charge in [-0.1, -0.05) is 0 Å². The van der Waals surface area contributed by atoms with Gasteiger partial charge in [0.05, 0.1) is 25.2 Å². The summed E-state index contributed by atoms with van der Waals surface area (Å²) in [5.74, 6) is 1.21. The first-order valence-corrected chi connectivity index (χ1v) is 11.7. The summed E-state index contributed by atoms with van der Waals surface area (Å²) in [6, 6.07) is 6.61. The SMILES string of the molecule is COCCn1nc(C2CCCN(S(=O)(=O)c3ccc(OC)cc3)C2)n(C2CC2)c1=O. The molecule has 1 unspecified atom stereocenters. The zero-order valence-electron chi connectivity index (χ0n) is 17.4. The summed E-state index contributed by atoms with van der Waals surface area (Å²) in [6.45, 7) is 1.58. The van der Waals surface area contributed by atoms with Gasteiger partial charge >= 0.3 is 5.69 Å². The summed E-state index contributed by atoms with van der Waals surface area (Å²) in [6.07, 6.45) is 3.46. The Balaban J connectivity index is 1.60. The Morgan fingerprint density at radius 3 is 2.50 bits per heavy atom. The molecule has 2 aliphatic rings. The highest BCUT2D eigenvalue weighted by Crippen LogP contribution is 2.37. The lowest BCUT2D eigenvalue weighted by Crippen LogP contribution is -2.40. The van der Waals surface area contributed by atoms with Crippen LogP contribution in [0.3, 0.4) is 0 Å². The fourth-order valence-electron chi connectivity index (χ4n) is 3.98. The zero-order valence-corrected chi connectivity index (χ0v) is 18.2. The Bertz CT molecular complexity index is 1040. The maximum atomic E-state index is 13.2. The van der Waals surface area contributed by atoms with Crippen molar-refractivity contribution in [3.8, 4) is 5.75 Å². The van der Waals surface area contributed by atoms with Crippen molar-refractivity contribution in [3.63, 3.8) is 0 Å². The van der Waals surface area contributed by atoms with Gasteiger partial charge in [-0.05, 0) is 49.9 Å². The smallest absolute Gasteiger partial charge is 0.346 e. The molecule has 1 aliphatic heterocycles. The molecule has 1 aromatic heterocycles. The van der Waals surface area contributed by atoms with E-state index < -0.39 is 10.0 Å². The number of rotatable bonds is 8. The largest absolute Gasteiger partial charge is 0.497 e. The van der Waals surface area contributed by atoms with E-state index in [1.54, 1.807) is 43.1 Å². The van der Waals surface area contributed by atoms with Crippen LogP contribution in [-0.2, 0) is 21.3 Å². The number of nitrogens with zero attached hydrogens (tertiary/aromatic N) is 4. The Hall–Kier alpha value is -2.17. The van der Waals surface area contributed by atoms with Crippen LogP contribution in [0.2, 0.25) is 0 Å². The average Bonchev–Trinajstić information content (AvgIpc) is 3.55. The minimum Gasteiger partial charge on any atom is -0.497 e. The Kier molecular flexibility index (Phi) is 5.99. The molecule has 2 aromatic rings. The van der Waals surface area contributed by atoms with E-state index in [-0.39, 0.29) is 22.5 Å². The van der Waals surface area contributed by atoms with Crippen molar-refractivity contribution in [1.82, 2.24) is 18.7 Å². The first-order chi connectivity index (χ1) is 14.5. The lowest BCUT2D eigenvalue weighted by atomic mass is 9.99. The number of sulfonamides is 1. The van der Waals surface area contributed by atoms with Crippen LogP contribution >= 0.6 is 0 Å². The number of piperidine rings is 1. The fourth-order valence-corrected chi connectivity index (χ4v) is 5.51. The van der Waals surface area contributed by atoms with Crippen LogP contribution in [0.1, 0.15) is 43.5 Å². The van der Waals surface area contributed by atoms with Gasteiger partial charge in [-0.3, -0.25) is 4.57 Å². The molecule has 0 bridgehead atoms. The third kappa shape index (κ3) is 4.03. The standard InChI is InChI=1S/C20H28N4O5S/c1-28-13-12-23-20(25)24(16-5-6-16)19(21-23)15-4-3-11-22(14-15)30(26,27)18-9-7-17(29-2)8-10-18/h7-10,15-16H,3-6,11-14H2,1-2H3. The molecule has 1 aliphatic carbocycles. The first kappa shape index (κ1) is 21.1. The zero-order chi connectivity index (χ0) is 21.3. The molecule has 0 N–H and O–H groups in total. The van der Waals surface area contributed by atoms with E-state index in [0.717, 1.165) is 25.7 Å². The Labute approximate surface area is 176 Å². The third-order valence-electron chi connectivity index (χ3n) is 5.76. The van der Waals surface area contributed by atoms with Crippen LogP contribution in [0.15, 0.2) is 34.0 Å². The van der Waals surface area contributed by atoms with Crippen molar-refractivity contribution in [2.75, 3.05) is 33.9 Å². The van der Waals surface area contributed by atoms with E-state index in [4.69, 9.17) is 9.47 Å². The molecular weight excluding hydrogens is 408 g/mol. The van der Waals surface area contributed by atoms with E-state index in [1.165, 1.54) is 8.99 Å². The van der Waals surface area contributed by atoms with Crippen LogP contribution in [0.5, 0.6) is 5.75 Å². The van der Waals surface area contributed by atoms with E-state index in [9.17, 15) is 13.2 Å². The molecule has 10 heteroatoms. The molecule has 1 saturated heterocycles. The minimum absolute atomic E-state index is 0.108. The van der Waals surface area contributed by atoms with Crippen LogP contribution in [-0.4, -0.2) is 61.0 Å². The van der Waals surface area contributed by atoms with Crippen molar-refractivity contribution >= 4 is 10.0 Å². The number of aromatic nitrogens is 3. The number of hydrogen-bond donors (Lipinski definition) is 0. The second kappa shape index (κ2) is 8.52. The molecule has 9 nitrogen and oxygen atoms in total. The second-order valence-electron chi connectivity index (χ2n) is 7.84. The third-order valence-corrected chi connectivity index (χ3v) is 7.64. The molecule has 0 radical (unpaired) electrons. The number of methoxy groups -OCH3 is 2. The highest BCUT2D eigenvalue weighted by atomic mass is 32.2. The summed E-state index contributed by atoms with van der Waals surface area (Å²) in [5, 5.41) is 4.59. The maximum absolute atomic E-state index is 13.2. The first-order valence-electron chi connectivity index (χ1n) is 10.3. The Morgan fingerprint density at radius 1 is 1.13 bits per heavy atom. The van der Waals surface area contributed by atoms with Gasteiger partial charge in [-0.2, -0.15) is 9.40 Å². The number of benzene rings is 1. The van der Waals surface area contributed by atoms with Crippen LogP contribution in [0.25, 0.3) is 0 Å². The van der Waals surface area contributed by atoms with E-state index >= 15 is 0 Å². The van der Waals surface area contributed by atoms with E-state index in [2.05, 4.69) is 5.10 Å². The Morgan fingerprint density at radius 2 is 1.87 bits per heavy atom. The fraction of sp³-hybridized carbons (Fsp3) is 0.600. The van der Waals surface area contributed by atoms with Crippen LogP contribution < -0.4 is 10.4 Å². The number of ether oxygens (including phenoxy) is 2. The van der Waals surface area contributed by atoms with Gasteiger partial charge in [0.25, 0.3) is 0 Å². The van der Waals surface area contributed by atoms with Gasteiger partial charge in [-0.25, -0.2) is 17.9 Å². The summed E-state index contributed by atoms with van der Waals surface area (Å²) in [5.41, 5.74) is -0.125. The normalized spacial score (nSPS) is 20.4. The summed E-state index contributed by atoms with van der Waals surface area (Å²) >= 11 is 0. The van der Waals surface area contributed by atoms with E-state index in [1.807, 2.05) is 0 Å². The molecule has 1 saturated carbocycles. The average molecular weight is 437 g/mol. The molecule has 0 spiro atoms. The van der Waals surface area contributed by atoms with Crippen LogP contribution in [0.4, 0.5) is 0 Å². The molecule has 1 atom stereocenters. The highest BCUT2D eigenvalue weighted by Gasteiger charge is 2.37. The summed E-state index contributed by atoms with van der Waals surface area (Å²) < 4.78 is 41.3. The van der Waals surface area contributed by atoms with Gasteiger partial charge in [0.2, 0.25) is 10.0 Å². The lowest BCUT2D eigenvalue weighted by molar-refractivity contribution is 0.182. The van der Waals surface area contributed by atoms with Gasteiger partial charge in [0, 0.05) is 32.2 Å². The number of hydrogen-bond acceptors (Lipinski definition) is 6. The summed E-state index contributed by atoms with van der Waals surface area (Å²) in [4.78, 5) is 13.1. The molecule has 2 heterocycles. The topological polar surface area (TPSA) is 95.7 Å². The molecule has 4 rings (SSSR count). The minimum atomic E-state index is -3.63. The monoisotopic (exact) mass is 436 g/mol. The molecule has 1 aromatic carbocycles. The van der Waals surface area contributed by atoms with Crippen molar-refractivity contribution in [1.29, 1.82) is 0 Å². The van der Waals surface area contributed by atoms with Gasteiger partial charge in [-0.15, -0.1) is 0 Å². The molecular formula is C20H28N4O5S. The van der Waals surface area contributed by atoms with Gasteiger partial charge in [0.15, 0.2) is 0 Å². The van der Waals surface area contributed by atoms with E-state index in [0.29, 0.717) is 37.8 Å². The second-order valence-corrected chi connectivity index (χ2v) is 9.77. The van der Waals surface area contributed by atoms with Crippen molar-refractivity contribution in [2.24, 2.45) is 0 Å². The predicted molar refractivity (Wildman–Crippen MR) is 110 cm³/mol. The maximum Gasteiger partial charge on any atom is 0.346 e. The molecule has 164 valence electrons. The van der Waals surface area contributed by atoms with Crippen LogP contribution in [0, 0.1) is 0 Å². The van der Waals surface area contributed by atoms with Gasteiger partial charge < -0.3 is 9.47 Å². The molecule has 30 heavy (non-hydrogen) atoms. The lowest BCUT2D eigenvalue weighted by Gasteiger charge is -2.31. The van der Waals surface area contributed by atoms with Crippen molar-refractivity contribution in [3.05, 3.63) is 40.6 Å². The van der Waals surface area contributed by atoms with Crippen molar-refractivity contribution in [2.45, 2.75) is 49.1 Å². The molecule has 0 amide bonds. The molecule has 2 fully saturated rings. The quantitative estimate of drug-likeness (QED) is 0.624. The highest BCUT2D eigenvalue weighted by molar-refractivity contribution is 7.89. The predicted octanol–water partition coefficient (Wildman–Crippen LogP) is 1.60. The summed E-state index contributed by atoms with van der Waals surface area (Å²) in [7, 11) is -0.491. The van der Waals surface area contributed by atoms with Crippen molar-refractivity contribution < 1.29 is 17.9 Å². The van der Waals surface area contributed by atoms with Gasteiger partial charge in [0.1, 0.15) is 11.6 Å².